The van der Waals surface area contributed by atoms with Gasteiger partial charge in [0.2, 0.25) is 5.91 Å². The molecule has 1 saturated heterocycles. The van der Waals surface area contributed by atoms with Crippen LogP contribution in [0.25, 0.3) is 10.9 Å². The molecule has 2 aromatic rings. The molecule has 0 spiro atoms. The van der Waals surface area contributed by atoms with Gasteiger partial charge in [-0.1, -0.05) is 44.7 Å². The van der Waals surface area contributed by atoms with Crippen molar-refractivity contribution < 1.29 is 14.4 Å². The summed E-state index contributed by atoms with van der Waals surface area (Å²) in [6, 6.07) is 6.14. The van der Waals surface area contributed by atoms with Crippen molar-refractivity contribution in [1.82, 2.24) is 14.8 Å². The zero-order valence-electron chi connectivity index (χ0n) is 23.4. The second-order valence-corrected chi connectivity index (χ2v) is 11.7. The van der Waals surface area contributed by atoms with Crippen molar-refractivity contribution in [2.24, 2.45) is 17.8 Å². The summed E-state index contributed by atoms with van der Waals surface area (Å²) in [6.45, 7) is 9.26. The molecule has 3 atom stereocenters. The molecule has 0 unspecified atom stereocenters. The summed E-state index contributed by atoms with van der Waals surface area (Å²) in [5, 5.41) is 4.06. The smallest absolute Gasteiger partial charge is 0.226 e. The topological polar surface area (TPSA) is 71.4 Å². The van der Waals surface area contributed by atoms with E-state index in [2.05, 4.69) is 39.9 Å². The molecule has 2 heterocycles. The fraction of sp³-hybridized carbons (Fsp3) is 0.645. The number of likely N-dealkylation sites (tertiary alicyclic amines) is 1. The average molecular weight is 508 g/mol. The lowest BCUT2D eigenvalue weighted by Crippen LogP contribution is -2.45. The zero-order chi connectivity index (χ0) is 26.7. The maximum atomic E-state index is 14.1. The molecule has 6 heteroatoms. The van der Waals surface area contributed by atoms with Gasteiger partial charge in [-0.25, -0.2) is 0 Å². The van der Waals surface area contributed by atoms with Crippen LogP contribution in [0.15, 0.2) is 24.4 Å². The van der Waals surface area contributed by atoms with Crippen LogP contribution >= 0.6 is 0 Å². The Kier molecular flexibility index (Phi) is 8.89. The highest BCUT2D eigenvalue weighted by molar-refractivity contribution is 6.09. The Morgan fingerprint density at radius 2 is 1.76 bits per heavy atom. The van der Waals surface area contributed by atoms with Crippen LogP contribution in [0.4, 0.5) is 0 Å². The highest BCUT2D eigenvalue weighted by atomic mass is 16.2. The first-order chi connectivity index (χ1) is 17.7. The van der Waals surface area contributed by atoms with Gasteiger partial charge in [0.25, 0.3) is 0 Å². The van der Waals surface area contributed by atoms with Crippen molar-refractivity contribution in [3.8, 4) is 0 Å². The first-order valence-corrected chi connectivity index (χ1v) is 14.4. The number of nitrogens with zero attached hydrogens (tertiary/aromatic N) is 2. The number of rotatable bonds is 10. The second kappa shape index (κ2) is 11.9. The molecule has 1 aliphatic carbocycles. The Bertz CT molecular complexity index is 1130. The molecule has 6 nitrogen and oxygen atoms in total. The maximum Gasteiger partial charge on any atom is 0.226 e. The number of aromatic nitrogens is 1. The Hall–Kier alpha value is -2.47. The van der Waals surface area contributed by atoms with Crippen molar-refractivity contribution in [2.45, 2.75) is 97.7 Å². The molecule has 37 heavy (non-hydrogen) atoms. The summed E-state index contributed by atoms with van der Waals surface area (Å²) in [6.07, 6.45) is 9.86. The molecule has 1 aromatic heterocycles. The monoisotopic (exact) mass is 507 g/mol. The lowest BCUT2D eigenvalue weighted by Gasteiger charge is -2.35. The van der Waals surface area contributed by atoms with Gasteiger partial charge in [-0.15, -0.1) is 0 Å². The summed E-state index contributed by atoms with van der Waals surface area (Å²) in [5.74, 6) is 0.441. The predicted octanol–water partition coefficient (Wildman–Crippen LogP) is 5.54. The number of nitrogens with one attached hydrogen (secondary N) is 1. The minimum absolute atomic E-state index is 0.0714. The van der Waals surface area contributed by atoms with Crippen LogP contribution in [-0.2, 0) is 16.1 Å². The average Bonchev–Trinajstić information content (AvgIpc) is 3.50. The van der Waals surface area contributed by atoms with Crippen molar-refractivity contribution in [3.63, 3.8) is 0 Å². The number of ketones is 2. The first-order valence-electron chi connectivity index (χ1n) is 14.4. The van der Waals surface area contributed by atoms with E-state index in [4.69, 9.17) is 0 Å². The normalized spacial score (nSPS) is 20.5. The van der Waals surface area contributed by atoms with Gasteiger partial charge in [-0.3, -0.25) is 14.4 Å². The molecule has 202 valence electrons. The third-order valence-corrected chi connectivity index (χ3v) is 8.77. The number of benzene rings is 1. The molecule has 1 aliphatic heterocycles. The summed E-state index contributed by atoms with van der Waals surface area (Å²) in [5.41, 5.74) is 2.96. The molecular weight excluding hydrogens is 462 g/mol. The standard InChI is InChI=1S/C31H45N3O3/c1-20(2)30(36)27-19-33(28-14-13-21(3)16-26(27)28)18-24-12-9-15-34(24)31(37)25(17-29(35)22(4)32-5)23-10-7-6-8-11-23/h13-14,16,19-20,22-25,32H,6-12,15,17-18H2,1-5H3/t22-,24-,25-/m0/s1. The van der Waals surface area contributed by atoms with Crippen molar-refractivity contribution in [3.05, 3.63) is 35.5 Å². The Morgan fingerprint density at radius 3 is 2.43 bits per heavy atom. The molecule has 1 amide bonds. The number of hydrogen-bond acceptors (Lipinski definition) is 4. The largest absolute Gasteiger partial charge is 0.345 e. The van der Waals surface area contributed by atoms with Gasteiger partial charge in [-0.2, -0.15) is 0 Å². The zero-order valence-corrected chi connectivity index (χ0v) is 23.4. The van der Waals surface area contributed by atoms with Crippen LogP contribution in [0.3, 0.4) is 0 Å². The fourth-order valence-corrected chi connectivity index (χ4v) is 6.37. The number of likely N-dealkylation sites (N-methyl/N-ethyl adjacent to an activating group) is 1. The van der Waals surface area contributed by atoms with E-state index in [-0.39, 0.29) is 41.4 Å². The van der Waals surface area contributed by atoms with E-state index in [0.717, 1.165) is 67.1 Å². The molecule has 4 rings (SSSR count). The van der Waals surface area contributed by atoms with Crippen LogP contribution < -0.4 is 5.32 Å². The number of fused-ring (bicyclic) bond motifs is 1. The highest BCUT2D eigenvalue weighted by Crippen LogP contribution is 2.35. The third kappa shape index (κ3) is 6.00. The molecule has 1 saturated carbocycles. The summed E-state index contributed by atoms with van der Waals surface area (Å²) in [7, 11) is 1.80. The third-order valence-electron chi connectivity index (χ3n) is 8.77. The van der Waals surface area contributed by atoms with Crippen molar-refractivity contribution in [1.29, 1.82) is 0 Å². The number of hydrogen-bond donors (Lipinski definition) is 1. The molecular formula is C31H45N3O3. The van der Waals surface area contributed by atoms with Gasteiger partial charge < -0.3 is 14.8 Å². The number of aryl methyl sites for hydroxylation is 1. The molecule has 2 aliphatic rings. The van der Waals surface area contributed by atoms with E-state index in [1.165, 1.54) is 6.42 Å². The summed E-state index contributed by atoms with van der Waals surface area (Å²) < 4.78 is 2.19. The van der Waals surface area contributed by atoms with E-state index in [1.54, 1.807) is 7.05 Å². The van der Waals surface area contributed by atoms with Crippen LogP contribution in [0.1, 0.15) is 88.1 Å². The molecule has 0 radical (unpaired) electrons. The van der Waals surface area contributed by atoms with E-state index in [9.17, 15) is 14.4 Å². The summed E-state index contributed by atoms with van der Waals surface area (Å²) >= 11 is 0. The van der Waals surface area contributed by atoms with Gasteiger partial charge in [0.15, 0.2) is 5.78 Å². The van der Waals surface area contributed by atoms with E-state index >= 15 is 0 Å². The SMILES string of the molecule is CN[C@@H](C)C(=O)C[C@H](C(=O)N1CCC[C@H]1Cn1cc(C(=O)C(C)C)c2cc(C)ccc21)C1CCCCC1. The number of carbonyl (C=O) groups is 3. The minimum Gasteiger partial charge on any atom is -0.345 e. The number of carbonyl (C=O) groups excluding carboxylic acids is 3. The molecule has 0 bridgehead atoms. The lowest BCUT2D eigenvalue weighted by atomic mass is 9.76. The molecule has 1 aromatic carbocycles. The maximum absolute atomic E-state index is 14.1. The lowest BCUT2D eigenvalue weighted by molar-refractivity contribution is -0.141. The quantitative estimate of drug-likeness (QED) is 0.429. The van der Waals surface area contributed by atoms with Gasteiger partial charge in [-0.05, 0) is 64.6 Å². The van der Waals surface area contributed by atoms with Gasteiger partial charge >= 0.3 is 0 Å². The van der Waals surface area contributed by atoms with Gasteiger partial charge in [0, 0.05) is 60.1 Å². The molecule has 1 N–H and O–H groups in total. The van der Waals surface area contributed by atoms with Crippen LogP contribution in [0, 0.1) is 24.7 Å². The van der Waals surface area contributed by atoms with Crippen LogP contribution in [0.5, 0.6) is 0 Å². The van der Waals surface area contributed by atoms with Crippen molar-refractivity contribution >= 4 is 28.4 Å². The summed E-state index contributed by atoms with van der Waals surface area (Å²) in [4.78, 5) is 42.1. The Balaban J connectivity index is 1.60. The van der Waals surface area contributed by atoms with Gasteiger partial charge in [0.05, 0.1) is 6.04 Å². The number of Topliss-reactive ketones (excluding diaryl/α,β-unsaturated/α-hetero) is 2. The van der Waals surface area contributed by atoms with Gasteiger partial charge in [0.1, 0.15) is 5.78 Å². The molecule has 2 fully saturated rings. The predicted molar refractivity (Wildman–Crippen MR) is 149 cm³/mol. The van der Waals surface area contributed by atoms with E-state index < -0.39 is 0 Å². The van der Waals surface area contributed by atoms with E-state index in [0.29, 0.717) is 18.9 Å². The fourth-order valence-electron chi connectivity index (χ4n) is 6.37. The van der Waals surface area contributed by atoms with Crippen molar-refractivity contribution in [2.75, 3.05) is 13.6 Å². The second-order valence-electron chi connectivity index (χ2n) is 11.7. The highest BCUT2D eigenvalue weighted by Gasteiger charge is 2.39. The number of amides is 1. The minimum atomic E-state index is -0.236. The first kappa shape index (κ1) is 27.6. The Morgan fingerprint density at radius 1 is 1.03 bits per heavy atom. The van der Waals surface area contributed by atoms with Crippen LogP contribution in [0.2, 0.25) is 0 Å². The van der Waals surface area contributed by atoms with Crippen LogP contribution in [-0.4, -0.2) is 52.6 Å². The Labute approximate surface area is 222 Å². The van der Waals surface area contributed by atoms with E-state index in [1.807, 2.05) is 27.0 Å².